The first-order chi connectivity index (χ1) is 24.3. The second-order valence-corrected chi connectivity index (χ2v) is 16.0. The fraction of sp³-hybridized carbons (Fsp3) is 0.524. The van der Waals surface area contributed by atoms with Crippen LogP contribution >= 0.6 is 0 Å². The molecule has 4 aliphatic heterocycles. The van der Waals surface area contributed by atoms with Crippen molar-refractivity contribution in [2.75, 3.05) is 40.9 Å². The van der Waals surface area contributed by atoms with Crippen LogP contribution in [0.5, 0.6) is 0 Å². The summed E-state index contributed by atoms with van der Waals surface area (Å²) in [7, 11) is 5.25. The average molecular weight is 675 g/mol. The monoisotopic (exact) mass is 674 g/mol. The number of para-hydroxylation sites is 1. The van der Waals surface area contributed by atoms with E-state index in [1.807, 2.05) is 0 Å². The largest absolute Gasteiger partial charge is 0.469 e. The van der Waals surface area contributed by atoms with Crippen molar-refractivity contribution in [2.24, 2.45) is 23.7 Å². The molecule has 0 radical (unpaired) electrons. The molecule has 1 saturated carbocycles. The van der Waals surface area contributed by atoms with Crippen LogP contribution in [-0.4, -0.2) is 84.7 Å². The maximum atomic E-state index is 14.1. The van der Waals surface area contributed by atoms with Gasteiger partial charge in [-0.05, 0) is 92.7 Å². The van der Waals surface area contributed by atoms with Crippen LogP contribution in [-0.2, 0) is 37.3 Å². The number of ether oxygens (including phenoxy) is 2. The normalized spacial score (nSPS) is 34.1. The minimum atomic E-state index is -0.677. The average Bonchev–Trinajstić information content (AvgIpc) is 3.67. The number of piperidine rings is 3. The van der Waals surface area contributed by atoms with Crippen LogP contribution in [0, 0.1) is 23.7 Å². The van der Waals surface area contributed by atoms with E-state index in [9.17, 15) is 9.59 Å². The summed E-state index contributed by atoms with van der Waals surface area (Å²) in [6.45, 7) is 7.29. The van der Waals surface area contributed by atoms with Crippen molar-refractivity contribution in [3.63, 3.8) is 0 Å². The Labute approximate surface area is 294 Å². The molecule has 262 valence electrons. The summed E-state index contributed by atoms with van der Waals surface area (Å²) >= 11 is 0. The fourth-order valence-electron chi connectivity index (χ4n) is 11.8. The molecular weight excluding hydrogens is 624 g/mol. The summed E-state index contributed by atoms with van der Waals surface area (Å²) in [5.74, 6) is 0.619. The molecule has 0 amide bonds. The van der Waals surface area contributed by atoms with Crippen molar-refractivity contribution in [1.82, 2.24) is 19.8 Å². The molecule has 8 heteroatoms. The lowest BCUT2D eigenvalue weighted by Crippen LogP contribution is -2.67. The van der Waals surface area contributed by atoms with Gasteiger partial charge in [-0.1, -0.05) is 55.3 Å². The van der Waals surface area contributed by atoms with Crippen LogP contribution in [0.15, 0.2) is 54.1 Å². The Morgan fingerprint density at radius 3 is 2.62 bits per heavy atom. The lowest BCUT2D eigenvalue weighted by molar-refractivity contribution is -0.162. The summed E-state index contributed by atoms with van der Waals surface area (Å²) in [6.07, 6.45) is 7.84. The van der Waals surface area contributed by atoms with E-state index in [1.165, 1.54) is 52.3 Å². The van der Waals surface area contributed by atoms with Crippen LogP contribution < -0.4 is 0 Å². The smallest absolute Gasteiger partial charge is 0.319 e. The molecule has 6 aliphatic rings. The quantitative estimate of drug-likeness (QED) is 0.190. The third-order valence-electron chi connectivity index (χ3n) is 13.9. The van der Waals surface area contributed by atoms with E-state index >= 15 is 0 Å². The maximum Gasteiger partial charge on any atom is 0.319 e. The van der Waals surface area contributed by atoms with Gasteiger partial charge in [0.25, 0.3) is 0 Å². The molecule has 9 unspecified atom stereocenters. The molecule has 50 heavy (non-hydrogen) atoms. The highest BCUT2D eigenvalue weighted by Crippen LogP contribution is 2.56. The van der Waals surface area contributed by atoms with Gasteiger partial charge in [0.05, 0.1) is 20.1 Å². The Hall–Kier alpha value is -3.88. The van der Waals surface area contributed by atoms with Gasteiger partial charge < -0.3 is 19.4 Å². The number of hydrogen-bond donors (Lipinski definition) is 2. The summed E-state index contributed by atoms with van der Waals surface area (Å²) in [5, 5.41) is 2.45. The fourth-order valence-corrected chi connectivity index (χ4v) is 11.8. The molecule has 2 aromatic carbocycles. The Morgan fingerprint density at radius 1 is 1.02 bits per heavy atom. The topological polar surface area (TPSA) is 90.7 Å². The van der Waals surface area contributed by atoms with Gasteiger partial charge in [-0.25, -0.2) is 0 Å². The first-order valence-corrected chi connectivity index (χ1v) is 18.8. The second-order valence-electron chi connectivity index (χ2n) is 16.0. The molecule has 0 spiro atoms. The molecule has 4 fully saturated rings. The number of aromatic amines is 2. The number of aromatic nitrogens is 2. The highest BCUT2D eigenvalue weighted by molar-refractivity contribution is 5.92. The van der Waals surface area contributed by atoms with E-state index in [0.717, 1.165) is 68.5 Å². The molecule has 10 rings (SSSR count). The molecule has 8 nitrogen and oxygen atoms in total. The molecule has 2 N–H and O–H groups in total. The van der Waals surface area contributed by atoms with Crippen LogP contribution in [0.25, 0.3) is 21.8 Å². The number of nitrogens with zero attached hydrogens (tertiary/aromatic N) is 2. The number of H-pyrrole nitrogens is 2. The van der Waals surface area contributed by atoms with E-state index in [-0.39, 0.29) is 41.8 Å². The Kier molecular flexibility index (Phi) is 7.59. The molecule has 3 saturated heterocycles. The van der Waals surface area contributed by atoms with Gasteiger partial charge in [0.15, 0.2) is 0 Å². The number of hydrogen-bond acceptors (Lipinski definition) is 6. The molecule has 2 aromatic heterocycles. The Morgan fingerprint density at radius 2 is 1.84 bits per heavy atom. The number of rotatable bonds is 4. The van der Waals surface area contributed by atoms with Crippen LogP contribution in [0.3, 0.4) is 0 Å². The third kappa shape index (κ3) is 4.43. The first kappa shape index (κ1) is 32.1. The minimum absolute atomic E-state index is 0.0431. The maximum absolute atomic E-state index is 14.1. The van der Waals surface area contributed by atoms with E-state index in [0.29, 0.717) is 11.8 Å². The van der Waals surface area contributed by atoms with Gasteiger partial charge >= 0.3 is 11.9 Å². The number of likely N-dealkylation sites (N-methyl/N-ethyl adjacent to an activating group) is 1. The lowest BCUT2D eigenvalue weighted by atomic mass is 9.56. The molecule has 6 heterocycles. The van der Waals surface area contributed by atoms with Gasteiger partial charge in [0.1, 0.15) is 5.41 Å². The summed E-state index contributed by atoms with van der Waals surface area (Å²) in [5.41, 5.74) is 9.01. The van der Waals surface area contributed by atoms with Crippen LogP contribution in [0.2, 0.25) is 0 Å². The van der Waals surface area contributed by atoms with Crippen LogP contribution in [0.1, 0.15) is 73.5 Å². The molecule has 9 atom stereocenters. The molecule has 2 aliphatic carbocycles. The van der Waals surface area contributed by atoms with Crippen LogP contribution in [0.4, 0.5) is 0 Å². The third-order valence-corrected chi connectivity index (χ3v) is 13.9. The number of allylic oxidation sites excluding steroid dienone is 1. The zero-order chi connectivity index (χ0) is 34.5. The molecule has 4 aromatic rings. The number of methoxy groups -OCH3 is 2. The highest BCUT2D eigenvalue weighted by Gasteiger charge is 2.62. The van der Waals surface area contributed by atoms with Crippen molar-refractivity contribution >= 4 is 33.7 Å². The zero-order valence-electron chi connectivity index (χ0n) is 30.1. The first-order valence-electron chi connectivity index (χ1n) is 18.8. The van der Waals surface area contributed by atoms with Gasteiger partial charge in [-0.15, -0.1) is 0 Å². The van der Waals surface area contributed by atoms with Gasteiger partial charge in [0.2, 0.25) is 0 Å². The second kappa shape index (κ2) is 11.8. The number of esters is 2. The Balaban J connectivity index is 1.22. The van der Waals surface area contributed by atoms with Crippen molar-refractivity contribution < 1.29 is 19.1 Å². The minimum Gasteiger partial charge on any atom is -0.469 e. The number of carbonyl (C=O) groups is 2. The van der Waals surface area contributed by atoms with Gasteiger partial charge in [-0.2, -0.15) is 0 Å². The zero-order valence-corrected chi connectivity index (χ0v) is 30.1. The predicted octanol–water partition coefficient (Wildman–Crippen LogP) is 6.48. The SMILES string of the molecule is C/C=C1/CN(C)C2Cc3c([nH]c4ccccc34)C(c3ccc4c5c([nH]c4c3)C3(C(=O)OC)CC4CC(CC)C3N(CC5)C4)CC1C2C(=O)OC. The number of likely N-dealkylation sites (tertiary alicyclic amines) is 1. The lowest BCUT2D eigenvalue weighted by Gasteiger charge is -2.57. The van der Waals surface area contributed by atoms with E-state index in [2.05, 4.69) is 89.2 Å². The number of carbonyl (C=O) groups excluding carboxylic acids is 2. The Bertz CT molecular complexity index is 2040. The van der Waals surface area contributed by atoms with Gasteiger partial charge in [0, 0.05) is 70.8 Å². The van der Waals surface area contributed by atoms with E-state index in [1.54, 1.807) is 7.11 Å². The summed E-state index contributed by atoms with van der Waals surface area (Å²) < 4.78 is 11.2. The van der Waals surface area contributed by atoms with Gasteiger partial charge in [-0.3, -0.25) is 19.4 Å². The highest BCUT2D eigenvalue weighted by atomic mass is 16.5. The summed E-state index contributed by atoms with van der Waals surface area (Å²) in [6, 6.07) is 15.8. The van der Waals surface area contributed by atoms with Crippen molar-refractivity contribution in [2.45, 2.75) is 75.8 Å². The van der Waals surface area contributed by atoms with E-state index in [4.69, 9.17) is 9.47 Å². The molecular formula is C42H50N4O4. The van der Waals surface area contributed by atoms with E-state index < -0.39 is 5.41 Å². The van der Waals surface area contributed by atoms with Crippen molar-refractivity contribution in [3.8, 4) is 0 Å². The standard InChI is InChI=1S/C42H50N4O4/c1-6-24-16-23-20-42(41(48)50-5)38-29(14-15-46(21-23)39(24)42)28-13-12-26(17-34(28)44-38)31-18-30-25(7-2)22-45(3)35(36(30)40(47)49-4)19-32-27-10-8-9-11-33(27)43-37(31)32/h7-13,17,23-24,30-31,35-36,39,43-44H,6,14-16,18-22H2,1-5H3/b25-7-. The predicted molar refractivity (Wildman–Crippen MR) is 195 cm³/mol. The number of fused-ring (bicyclic) bond motifs is 9. The summed E-state index contributed by atoms with van der Waals surface area (Å²) in [4.78, 5) is 40.6. The van der Waals surface area contributed by atoms with Crippen molar-refractivity contribution in [3.05, 3.63) is 82.2 Å². The number of benzene rings is 2. The number of nitrogens with one attached hydrogen (secondary N) is 2. The van der Waals surface area contributed by atoms with Crippen molar-refractivity contribution in [1.29, 1.82) is 0 Å². The molecule has 6 bridgehead atoms.